The Labute approximate surface area is 114 Å². The summed E-state index contributed by atoms with van der Waals surface area (Å²) < 4.78 is 5.56. The summed E-state index contributed by atoms with van der Waals surface area (Å²) in [5, 5.41) is 8.75. The molecule has 0 bridgehead atoms. The Balaban J connectivity index is 1.92. The average Bonchev–Trinajstić information content (AvgIpc) is 2.46. The Hall–Kier alpha value is -1.17. The minimum Gasteiger partial charge on any atom is -0.394 e. The van der Waals surface area contributed by atoms with Gasteiger partial charge in [-0.3, -0.25) is 0 Å². The third-order valence-corrected chi connectivity index (χ3v) is 3.51. The van der Waals surface area contributed by atoms with Crippen molar-refractivity contribution in [3.8, 4) is 0 Å². The van der Waals surface area contributed by atoms with E-state index in [1.165, 1.54) is 0 Å². The number of nitrogens with zero attached hydrogens (tertiary/aromatic N) is 2. The molecule has 1 aromatic rings. The number of rotatable bonds is 5. The van der Waals surface area contributed by atoms with Gasteiger partial charge in [0, 0.05) is 25.3 Å². The van der Waals surface area contributed by atoms with Gasteiger partial charge in [0.25, 0.3) is 0 Å². The first kappa shape index (κ1) is 14.2. The number of aliphatic hydroxyl groups excluding tert-OH is 1. The van der Waals surface area contributed by atoms with E-state index in [4.69, 9.17) is 15.6 Å². The number of hydrogen-bond acceptors (Lipinski definition) is 5. The predicted octanol–water partition coefficient (Wildman–Crippen LogP) is 1.08. The zero-order chi connectivity index (χ0) is 13.7. The fraction of sp³-hybridized carbons (Fsp3) is 0.643. The smallest absolute Gasteiger partial charge is 0.128 e. The Morgan fingerprint density at radius 3 is 2.89 bits per heavy atom. The SMILES string of the molecule is C[C@@H](N)c1ccnc(N2CCC(OCCO)CC2)c1. The summed E-state index contributed by atoms with van der Waals surface area (Å²) in [6.45, 7) is 4.38. The number of aliphatic hydroxyl groups is 1. The van der Waals surface area contributed by atoms with Crippen LogP contribution in [-0.4, -0.2) is 42.5 Å². The molecular weight excluding hydrogens is 242 g/mol. The molecule has 5 nitrogen and oxygen atoms in total. The maximum atomic E-state index is 8.75. The lowest BCUT2D eigenvalue weighted by molar-refractivity contribution is 0.0158. The van der Waals surface area contributed by atoms with E-state index in [1.54, 1.807) is 0 Å². The van der Waals surface area contributed by atoms with Gasteiger partial charge in [-0.1, -0.05) is 0 Å². The van der Waals surface area contributed by atoms with E-state index < -0.39 is 0 Å². The summed E-state index contributed by atoms with van der Waals surface area (Å²) in [5.74, 6) is 0.996. The highest BCUT2D eigenvalue weighted by molar-refractivity contribution is 5.42. The van der Waals surface area contributed by atoms with E-state index in [2.05, 4.69) is 16.0 Å². The van der Waals surface area contributed by atoms with Gasteiger partial charge >= 0.3 is 0 Å². The average molecular weight is 265 g/mol. The summed E-state index contributed by atoms with van der Waals surface area (Å²) in [5.41, 5.74) is 7.01. The molecule has 1 aliphatic heterocycles. The summed E-state index contributed by atoms with van der Waals surface area (Å²) in [6, 6.07) is 4.07. The van der Waals surface area contributed by atoms with Gasteiger partial charge in [-0.25, -0.2) is 4.98 Å². The summed E-state index contributed by atoms with van der Waals surface area (Å²) in [7, 11) is 0. The van der Waals surface area contributed by atoms with E-state index in [9.17, 15) is 0 Å². The fourth-order valence-corrected chi connectivity index (χ4v) is 2.36. The van der Waals surface area contributed by atoms with E-state index in [-0.39, 0.29) is 18.8 Å². The van der Waals surface area contributed by atoms with Crippen molar-refractivity contribution in [2.75, 3.05) is 31.2 Å². The molecule has 5 heteroatoms. The van der Waals surface area contributed by atoms with Crippen molar-refractivity contribution in [3.05, 3.63) is 23.9 Å². The number of pyridine rings is 1. The number of hydrogen-bond donors (Lipinski definition) is 2. The van der Waals surface area contributed by atoms with Gasteiger partial charge < -0.3 is 20.5 Å². The van der Waals surface area contributed by atoms with Crippen molar-refractivity contribution < 1.29 is 9.84 Å². The van der Waals surface area contributed by atoms with E-state index in [1.807, 2.05) is 19.2 Å². The molecule has 1 aromatic heterocycles. The zero-order valence-electron chi connectivity index (χ0n) is 11.5. The van der Waals surface area contributed by atoms with Crippen LogP contribution >= 0.6 is 0 Å². The Bertz CT molecular complexity index is 390. The van der Waals surface area contributed by atoms with Crippen LogP contribution in [0.25, 0.3) is 0 Å². The molecule has 0 saturated carbocycles. The first-order valence-corrected chi connectivity index (χ1v) is 6.89. The van der Waals surface area contributed by atoms with Gasteiger partial charge in [-0.2, -0.15) is 0 Å². The minimum absolute atomic E-state index is 0.0344. The quantitative estimate of drug-likeness (QED) is 0.833. The largest absolute Gasteiger partial charge is 0.394 e. The van der Waals surface area contributed by atoms with Crippen LogP contribution in [0.4, 0.5) is 5.82 Å². The second kappa shape index (κ2) is 6.84. The zero-order valence-corrected chi connectivity index (χ0v) is 11.5. The number of ether oxygens (including phenoxy) is 1. The molecule has 0 amide bonds. The lowest BCUT2D eigenvalue weighted by Crippen LogP contribution is -2.37. The van der Waals surface area contributed by atoms with Crippen molar-refractivity contribution in [2.45, 2.75) is 31.9 Å². The molecule has 19 heavy (non-hydrogen) atoms. The van der Waals surface area contributed by atoms with Gasteiger partial charge in [-0.05, 0) is 37.5 Å². The second-order valence-corrected chi connectivity index (χ2v) is 5.02. The van der Waals surface area contributed by atoms with E-state index >= 15 is 0 Å². The minimum atomic E-state index is 0.0344. The molecule has 0 radical (unpaired) electrons. The van der Waals surface area contributed by atoms with Crippen molar-refractivity contribution in [2.24, 2.45) is 5.73 Å². The van der Waals surface area contributed by atoms with Crippen molar-refractivity contribution in [1.82, 2.24) is 4.98 Å². The maximum absolute atomic E-state index is 8.75. The topological polar surface area (TPSA) is 71.6 Å². The Morgan fingerprint density at radius 2 is 2.26 bits per heavy atom. The molecule has 2 heterocycles. The van der Waals surface area contributed by atoms with Crippen LogP contribution in [0.5, 0.6) is 0 Å². The first-order chi connectivity index (χ1) is 9.20. The van der Waals surface area contributed by atoms with Gasteiger partial charge in [0.2, 0.25) is 0 Å². The molecule has 2 rings (SSSR count). The van der Waals surface area contributed by atoms with E-state index in [0.717, 1.165) is 37.3 Å². The van der Waals surface area contributed by atoms with Crippen LogP contribution in [0.3, 0.4) is 0 Å². The molecule has 0 aromatic carbocycles. The van der Waals surface area contributed by atoms with Crippen molar-refractivity contribution in [3.63, 3.8) is 0 Å². The number of piperidine rings is 1. The third kappa shape index (κ3) is 3.89. The van der Waals surface area contributed by atoms with Gasteiger partial charge in [-0.15, -0.1) is 0 Å². The highest BCUT2D eigenvalue weighted by Gasteiger charge is 2.20. The standard InChI is InChI=1S/C14H23N3O2/c1-11(15)12-2-5-16-14(10-12)17-6-3-13(4-7-17)19-9-8-18/h2,5,10-11,13,18H,3-4,6-9,15H2,1H3/t11-/m1/s1. The molecule has 3 N–H and O–H groups in total. The van der Waals surface area contributed by atoms with Gasteiger partial charge in [0.1, 0.15) is 5.82 Å². The van der Waals surface area contributed by atoms with Crippen molar-refractivity contribution in [1.29, 1.82) is 0 Å². The lowest BCUT2D eigenvalue weighted by Gasteiger charge is -2.32. The van der Waals surface area contributed by atoms with E-state index in [0.29, 0.717) is 6.61 Å². The molecule has 106 valence electrons. The van der Waals surface area contributed by atoms with Gasteiger partial charge in [0.05, 0.1) is 19.3 Å². The van der Waals surface area contributed by atoms with Gasteiger partial charge in [0.15, 0.2) is 0 Å². The van der Waals surface area contributed by atoms with Crippen LogP contribution in [0.15, 0.2) is 18.3 Å². The Morgan fingerprint density at radius 1 is 1.53 bits per heavy atom. The molecule has 0 unspecified atom stereocenters. The predicted molar refractivity (Wildman–Crippen MR) is 75.1 cm³/mol. The molecule has 0 spiro atoms. The fourth-order valence-electron chi connectivity index (χ4n) is 2.36. The number of nitrogens with two attached hydrogens (primary N) is 1. The number of anilines is 1. The monoisotopic (exact) mass is 265 g/mol. The highest BCUT2D eigenvalue weighted by Crippen LogP contribution is 2.21. The maximum Gasteiger partial charge on any atom is 0.128 e. The number of aromatic nitrogens is 1. The lowest BCUT2D eigenvalue weighted by atomic mass is 10.1. The van der Waals surface area contributed by atoms with Crippen LogP contribution in [0.2, 0.25) is 0 Å². The van der Waals surface area contributed by atoms with Crippen LogP contribution in [-0.2, 0) is 4.74 Å². The Kier molecular flexibility index (Phi) is 5.13. The summed E-state index contributed by atoms with van der Waals surface area (Å²) >= 11 is 0. The molecule has 1 atom stereocenters. The normalized spacial score (nSPS) is 18.6. The molecule has 1 saturated heterocycles. The molecule has 1 aliphatic rings. The highest BCUT2D eigenvalue weighted by atomic mass is 16.5. The molecule has 0 aliphatic carbocycles. The first-order valence-electron chi connectivity index (χ1n) is 6.89. The van der Waals surface area contributed by atoms with Crippen LogP contribution < -0.4 is 10.6 Å². The van der Waals surface area contributed by atoms with Crippen LogP contribution in [0.1, 0.15) is 31.4 Å². The molecular formula is C14H23N3O2. The third-order valence-electron chi connectivity index (χ3n) is 3.51. The van der Waals surface area contributed by atoms with Crippen LogP contribution in [0, 0.1) is 0 Å². The van der Waals surface area contributed by atoms with Crippen molar-refractivity contribution >= 4 is 5.82 Å². The second-order valence-electron chi connectivity index (χ2n) is 5.02. The molecule has 1 fully saturated rings. The summed E-state index contributed by atoms with van der Waals surface area (Å²) in [4.78, 5) is 6.69. The summed E-state index contributed by atoms with van der Waals surface area (Å²) in [6.07, 6.45) is 4.04.